The smallest absolute Gasteiger partial charge is 0.313 e. The van der Waals surface area contributed by atoms with E-state index < -0.39 is 0 Å². The number of aromatic amines is 2. The van der Waals surface area contributed by atoms with Crippen LogP contribution in [0.15, 0.2) is 33.7 Å². The van der Waals surface area contributed by atoms with Gasteiger partial charge in [0.2, 0.25) is 0 Å². The van der Waals surface area contributed by atoms with E-state index in [1.54, 1.807) is 6.20 Å². The fourth-order valence-electron chi connectivity index (χ4n) is 2.63. The molecular formula is C13H13BrN2O. The minimum atomic E-state index is -0.117. The highest BCUT2D eigenvalue weighted by Crippen LogP contribution is 2.36. The molecule has 1 aliphatic carbocycles. The van der Waals surface area contributed by atoms with Gasteiger partial charge in [-0.2, -0.15) is 0 Å². The predicted octanol–water partition coefficient (Wildman–Crippen LogP) is 2.74. The maximum atomic E-state index is 11.0. The summed E-state index contributed by atoms with van der Waals surface area (Å²) in [6.07, 6.45) is 4.99. The molecule has 4 heteroatoms. The normalized spacial score (nSPS) is 18.3. The van der Waals surface area contributed by atoms with Crippen LogP contribution in [0.3, 0.4) is 0 Å². The quantitative estimate of drug-likeness (QED) is 0.878. The minimum absolute atomic E-state index is 0.117. The first-order valence-electron chi connectivity index (χ1n) is 5.77. The van der Waals surface area contributed by atoms with Crippen molar-refractivity contribution in [2.24, 2.45) is 0 Å². The number of fused-ring (bicyclic) bond motifs is 1. The molecule has 88 valence electrons. The molecule has 2 N–H and O–H groups in total. The summed E-state index contributed by atoms with van der Waals surface area (Å²) in [5, 5.41) is 0. The third kappa shape index (κ3) is 2.09. The van der Waals surface area contributed by atoms with Gasteiger partial charge in [0.25, 0.3) is 0 Å². The zero-order chi connectivity index (χ0) is 11.8. The fourth-order valence-corrected chi connectivity index (χ4v) is 3.04. The number of H-pyrrole nitrogens is 2. The second-order valence-corrected chi connectivity index (χ2v) is 5.47. The highest BCUT2D eigenvalue weighted by molar-refractivity contribution is 9.10. The third-order valence-electron chi connectivity index (χ3n) is 3.42. The Balaban J connectivity index is 1.86. The van der Waals surface area contributed by atoms with Crippen molar-refractivity contribution >= 4 is 15.9 Å². The van der Waals surface area contributed by atoms with Crippen LogP contribution in [0.4, 0.5) is 0 Å². The summed E-state index contributed by atoms with van der Waals surface area (Å²) in [4.78, 5) is 16.5. The molecule has 17 heavy (non-hydrogen) atoms. The second-order valence-electron chi connectivity index (χ2n) is 4.55. The summed E-state index contributed by atoms with van der Waals surface area (Å²) < 4.78 is 1.15. The van der Waals surface area contributed by atoms with E-state index in [2.05, 4.69) is 44.1 Å². The van der Waals surface area contributed by atoms with Gasteiger partial charge in [-0.05, 0) is 48.4 Å². The van der Waals surface area contributed by atoms with Crippen LogP contribution in [0.2, 0.25) is 0 Å². The van der Waals surface area contributed by atoms with Gasteiger partial charge < -0.3 is 9.97 Å². The van der Waals surface area contributed by atoms with Gasteiger partial charge in [0.15, 0.2) is 0 Å². The standard InChI is InChI=1S/C13H13BrN2O/c14-10-3-4-12-8(5-10)1-2-9(12)6-11-7-15-13(17)16-11/h3-5,7,9H,1-2,6H2,(H2,15,16,17). The van der Waals surface area contributed by atoms with E-state index in [9.17, 15) is 4.79 Å². The van der Waals surface area contributed by atoms with E-state index in [1.807, 2.05) is 0 Å². The lowest BCUT2D eigenvalue weighted by Crippen LogP contribution is -2.03. The van der Waals surface area contributed by atoms with Crippen LogP contribution in [0.1, 0.15) is 29.2 Å². The van der Waals surface area contributed by atoms with E-state index in [-0.39, 0.29) is 5.69 Å². The first-order chi connectivity index (χ1) is 8.22. The van der Waals surface area contributed by atoms with Gasteiger partial charge in [-0.15, -0.1) is 0 Å². The molecular weight excluding hydrogens is 280 g/mol. The molecule has 3 rings (SSSR count). The summed E-state index contributed by atoms with van der Waals surface area (Å²) in [6.45, 7) is 0. The van der Waals surface area contributed by atoms with Crippen molar-refractivity contribution < 1.29 is 0 Å². The van der Waals surface area contributed by atoms with Crippen LogP contribution in [-0.4, -0.2) is 9.97 Å². The monoisotopic (exact) mass is 292 g/mol. The maximum Gasteiger partial charge on any atom is 0.323 e. The first kappa shape index (κ1) is 10.8. The van der Waals surface area contributed by atoms with Crippen LogP contribution in [0, 0.1) is 0 Å². The molecule has 1 aromatic carbocycles. The van der Waals surface area contributed by atoms with E-state index in [1.165, 1.54) is 17.5 Å². The Morgan fingerprint density at radius 3 is 3.06 bits per heavy atom. The summed E-state index contributed by atoms with van der Waals surface area (Å²) in [7, 11) is 0. The summed E-state index contributed by atoms with van der Waals surface area (Å²) in [5.41, 5.74) is 3.74. The Hall–Kier alpha value is -1.29. The highest BCUT2D eigenvalue weighted by atomic mass is 79.9. The van der Waals surface area contributed by atoms with Crippen molar-refractivity contribution in [1.82, 2.24) is 9.97 Å². The van der Waals surface area contributed by atoms with Crippen molar-refractivity contribution in [3.63, 3.8) is 0 Å². The largest absolute Gasteiger partial charge is 0.323 e. The molecule has 3 nitrogen and oxygen atoms in total. The number of halogens is 1. The van der Waals surface area contributed by atoms with Gasteiger partial charge in [-0.1, -0.05) is 22.0 Å². The van der Waals surface area contributed by atoms with Gasteiger partial charge in [-0.3, -0.25) is 0 Å². The molecule has 1 unspecified atom stereocenters. The molecule has 0 saturated carbocycles. The fraction of sp³-hybridized carbons (Fsp3) is 0.308. The zero-order valence-electron chi connectivity index (χ0n) is 9.29. The van der Waals surface area contributed by atoms with Gasteiger partial charge in [0.1, 0.15) is 0 Å². The molecule has 1 heterocycles. The van der Waals surface area contributed by atoms with Crippen LogP contribution in [0.25, 0.3) is 0 Å². The van der Waals surface area contributed by atoms with Gasteiger partial charge in [-0.25, -0.2) is 4.79 Å². The van der Waals surface area contributed by atoms with E-state index in [4.69, 9.17) is 0 Å². The topological polar surface area (TPSA) is 48.6 Å². The van der Waals surface area contributed by atoms with Crippen molar-refractivity contribution in [3.8, 4) is 0 Å². The van der Waals surface area contributed by atoms with Crippen molar-refractivity contribution in [1.29, 1.82) is 0 Å². The first-order valence-corrected chi connectivity index (χ1v) is 6.56. The average Bonchev–Trinajstić information content (AvgIpc) is 2.86. The number of benzene rings is 1. The molecule has 1 aromatic heterocycles. The van der Waals surface area contributed by atoms with Crippen molar-refractivity contribution in [2.45, 2.75) is 25.2 Å². The van der Waals surface area contributed by atoms with Gasteiger partial charge >= 0.3 is 5.69 Å². The number of rotatable bonds is 2. The van der Waals surface area contributed by atoms with Crippen molar-refractivity contribution in [2.75, 3.05) is 0 Å². The van der Waals surface area contributed by atoms with Gasteiger partial charge in [0.05, 0.1) is 0 Å². The molecule has 0 fully saturated rings. The Labute approximate surface area is 107 Å². The van der Waals surface area contributed by atoms with Crippen LogP contribution < -0.4 is 5.69 Å². The lowest BCUT2D eigenvalue weighted by atomic mass is 9.97. The number of aromatic nitrogens is 2. The van der Waals surface area contributed by atoms with Gasteiger partial charge in [0, 0.05) is 16.4 Å². The van der Waals surface area contributed by atoms with Crippen LogP contribution in [0.5, 0.6) is 0 Å². The van der Waals surface area contributed by atoms with Crippen LogP contribution >= 0.6 is 15.9 Å². The predicted molar refractivity (Wildman–Crippen MR) is 70.3 cm³/mol. The molecule has 0 spiro atoms. The molecule has 0 saturated heterocycles. The van der Waals surface area contributed by atoms with E-state index >= 15 is 0 Å². The Morgan fingerprint density at radius 1 is 1.41 bits per heavy atom. The SMILES string of the molecule is O=c1[nH]cc(CC2CCc3cc(Br)ccc32)[nH]1. The van der Waals surface area contributed by atoms with Crippen LogP contribution in [-0.2, 0) is 12.8 Å². The minimum Gasteiger partial charge on any atom is -0.313 e. The average molecular weight is 293 g/mol. The lowest BCUT2D eigenvalue weighted by molar-refractivity contribution is 0.665. The Morgan fingerprint density at radius 2 is 2.29 bits per heavy atom. The molecule has 0 bridgehead atoms. The number of hydrogen-bond donors (Lipinski definition) is 2. The summed E-state index contributed by atoms with van der Waals surface area (Å²) in [5.74, 6) is 0.532. The van der Waals surface area contributed by atoms with Crippen molar-refractivity contribution in [3.05, 3.63) is 56.2 Å². The maximum absolute atomic E-state index is 11.0. The Bertz CT molecular complexity index is 599. The number of hydrogen-bond acceptors (Lipinski definition) is 1. The lowest BCUT2D eigenvalue weighted by Gasteiger charge is -2.09. The zero-order valence-corrected chi connectivity index (χ0v) is 10.9. The molecule has 0 amide bonds. The summed E-state index contributed by atoms with van der Waals surface area (Å²) in [6, 6.07) is 6.49. The molecule has 1 aliphatic rings. The van der Waals surface area contributed by atoms with E-state index in [0.29, 0.717) is 5.92 Å². The highest BCUT2D eigenvalue weighted by Gasteiger charge is 2.23. The molecule has 2 aromatic rings. The molecule has 0 radical (unpaired) electrons. The number of nitrogens with one attached hydrogen (secondary N) is 2. The summed E-state index contributed by atoms with van der Waals surface area (Å²) >= 11 is 3.50. The number of imidazole rings is 1. The molecule has 1 atom stereocenters. The Kier molecular flexibility index (Phi) is 2.67. The molecule has 0 aliphatic heterocycles. The van der Waals surface area contributed by atoms with E-state index in [0.717, 1.165) is 23.0 Å². The number of aryl methyl sites for hydroxylation is 1. The second kappa shape index (κ2) is 4.18. The third-order valence-corrected chi connectivity index (χ3v) is 3.92.